The number of benzene rings is 1. The van der Waals surface area contributed by atoms with E-state index in [2.05, 4.69) is 15.5 Å². The van der Waals surface area contributed by atoms with Crippen molar-refractivity contribution < 1.29 is 14.0 Å². The van der Waals surface area contributed by atoms with Crippen molar-refractivity contribution in [1.29, 1.82) is 0 Å². The lowest BCUT2D eigenvalue weighted by Crippen LogP contribution is -2.51. The smallest absolute Gasteiger partial charge is 0.311 e. The molecule has 2 N–H and O–H groups in total. The van der Waals surface area contributed by atoms with Gasteiger partial charge in [-0.25, -0.2) is 4.39 Å². The minimum atomic E-state index is -0.577. The molecule has 0 spiro atoms. The van der Waals surface area contributed by atoms with Gasteiger partial charge in [-0.15, -0.1) is 0 Å². The van der Waals surface area contributed by atoms with Crippen LogP contribution in [0.15, 0.2) is 30.5 Å². The third-order valence-corrected chi connectivity index (χ3v) is 4.62. The molecule has 0 bridgehead atoms. The summed E-state index contributed by atoms with van der Waals surface area (Å²) < 4.78 is 13.2. The normalized spacial score (nSPS) is 17.6. The fraction of sp³-hybridized carbons (Fsp3) is 0.450. The van der Waals surface area contributed by atoms with Gasteiger partial charge in [0, 0.05) is 35.8 Å². The molecule has 144 valence electrons. The summed E-state index contributed by atoms with van der Waals surface area (Å²) in [5, 5.41) is 9.90. The number of H-pyrrole nitrogens is 1. The Morgan fingerprint density at radius 1 is 1.26 bits per heavy atom. The molecule has 27 heavy (non-hydrogen) atoms. The van der Waals surface area contributed by atoms with Crippen LogP contribution >= 0.6 is 0 Å². The summed E-state index contributed by atoms with van der Waals surface area (Å²) in [6.45, 7) is 6.55. The lowest BCUT2D eigenvalue weighted by atomic mass is 9.90. The molecule has 1 fully saturated rings. The van der Waals surface area contributed by atoms with Crippen LogP contribution in [0.2, 0.25) is 0 Å². The number of carbonyl (C=O) groups excluding carboxylic acids is 2. The van der Waals surface area contributed by atoms with Crippen LogP contribution in [0.1, 0.15) is 45.2 Å². The molecule has 6 nitrogen and oxygen atoms in total. The molecule has 1 aromatic heterocycles. The van der Waals surface area contributed by atoms with Gasteiger partial charge in [0.1, 0.15) is 5.82 Å². The summed E-state index contributed by atoms with van der Waals surface area (Å²) in [6.07, 6.45) is 3.41. The number of hydrogen-bond acceptors (Lipinski definition) is 3. The molecule has 0 aliphatic carbocycles. The summed E-state index contributed by atoms with van der Waals surface area (Å²) in [7, 11) is 0. The number of hydrogen-bond donors (Lipinski definition) is 2. The number of rotatable bonds is 2. The molecular formula is C20H25FN4O2. The predicted octanol–water partition coefficient (Wildman–Crippen LogP) is 2.84. The SMILES string of the molecule is CC(C)(C)NC(=O)C(=O)N1CCCC(c2[nH]ncc2-c2ccc(F)cc2)C1. The summed E-state index contributed by atoms with van der Waals surface area (Å²) in [5.74, 6) is -1.32. The maximum absolute atomic E-state index is 13.2. The average Bonchev–Trinajstić information content (AvgIpc) is 3.10. The average molecular weight is 372 g/mol. The standard InChI is InChI=1S/C20H25FN4O2/c1-20(2,3)23-18(26)19(27)25-10-4-5-14(12-25)17-16(11-22-24-17)13-6-8-15(21)9-7-13/h6-9,11,14H,4-5,10,12H2,1-3H3,(H,22,24)(H,23,26). The Hall–Kier alpha value is -2.70. The van der Waals surface area contributed by atoms with E-state index in [0.717, 1.165) is 29.7 Å². The maximum atomic E-state index is 13.2. The summed E-state index contributed by atoms with van der Waals surface area (Å²) in [6, 6.07) is 6.26. The van der Waals surface area contributed by atoms with Gasteiger partial charge in [-0.05, 0) is 51.3 Å². The minimum absolute atomic E-state index is 0.0488. The van der Waals surface area contributed by atoms with E-state index < -0.39 is 17.4 Å². The molecule has 1 aliphatic rings. The van der Waals surface area contributed by atoms with Crippen LogP contribution in [0.25, 0.3) is 11.1 Å². The van der Waals surface area contributed by atoms with Crippen molar-refractivity contribution in [2.45, 2.75) is 45.1 Å². The fourth-order valence-corrected chi connectivity index (χ4v) is 3.40. The van der Waals surface area contributed by atoms with Gasteiger partial charge >= 0.3 is 11.8 Å². The minimum Gasteiger partial charge on any atom is -0.343 e. The highest BCUT2D eigenvalue weighted by atomic mass is 19.1. The maximum Gasteiger partial charge on any atom is 0.311 e. The monoisotopic (exact) mass is 372 g/mol. The molecule has 1 aromatic carbocycles. The highest BCUT2D eigenvalue weighted by Crippen LogP contribution is 2.33. The number of nitrogens with one attached hydrogen (secondary N) is 2. The molecule has 1 unspecified atom stereocenters. The van der Waals surface area contributed by atoms with Gasteiger partial charge in [0.2, 0.25) is 0 Å². The fourth-order valence-electron chi connectivity index (χ4n) is 3.40. The van der Waals surface area contributed by atoms with Gasteiger partial charge in [0.25, 0.3) is 0 Å². The molecule has 2 heterocycles. The number of nitrogens with zero attached hydrogens (tertiary/aromatic N) is 2. The predicted molar refractivity (Wildman–Crippen MR) is 100 cm³/mol. The number of aromatic nitrogens is 2. The quantitative estimate of drug-likeness (QED) is 0.796. The van der Waals surface area contributed by atoms with E-state index in [1.165, 1.54) is 12.1 Å². The van der Waals surface area contributed by atoms with Crippen molar-refractivity contribution in [3.63, 3.8) is 0 Å². The highest BCUT2D eigenvalue weighted by molar-refractivity contribution is 6.35. The number of aromatic amines is 1. The molecule has 0 radical (unpaired) electrons. The lowest BCUT2D eigenvalue weighted by molar-refractivity contribution is -0.147. The summed E-state index contributed by atoms with van der Waals surface area (Å²) in [4.78, 5) is 26.3. The second-order valence-electron chi connectivity index (χ2n) is 8.00. The first-order chi connectivity index (χ1) is 12.7. The van der Waals surface area contributed by atoms with E-state index in [4.69, 9.17) is 0 Å². The van der Waals surface area contributed by atoms with Crippen LogP contribution in [-0.2, 0) is 9.59 Å². The topological polar surface area (TPSA) is 78.1 Å². The van der Waals surface area contributed by atoms with Crippen molar-refractivity contribution in [1.82, 2.24) is 20.4 Å². The number of halogens is 1. The molecule has 0 saturated carbocycles. The van der Waals surface area contributed by atoms with E-state index in [9.17, 15) is 14.0 Å². The van der Waals surface area contributed by atoms with E-state index in [1.54, 1.807) is 23.2 Å². The number of likely N-dealkylation sites (tertiary alicyclic amines) is 1. The van der Waals surface area contributed by atoms with Crippen LogP contribution in [0.3, 0.4) is 0 Å². The Morgan fingerprint density at radius 2 is 1.96 bits per heavy atom. The number of piperidine rings is 1. The van der Waals surface area contributed by atoms with Crippen LogP contribution in [0, 0.1) is 5.82 Å². The van der Waals surface area contributed by atoms with Crippen LogP contribution in [-0.4, -0.2) is 45.5 Å². The molecule has 1 atom stereocenters. The van der Waals surface area contributed by atoms with Crippen LogP contribution in [0.4, 0.5) is 4.39 Å². The summed E-state index contributed by atoms with van der Waals surface area (Å²) in [5.41, 5.74) is 2.22. The van der Waals surface area contributed by atoms with E-state index in [1.807, 2.05) is 20.8 Å². The lowest BCUT2D eigenvalue weighted by Gasteiger charge is -2.33. The second-order valence-corrected chi connectivity index (χ2v) is 8.00. The zero-order valence-electron chi connectivity index (χ0n) is 15.9. The van der Waals surface area contributed by atoms with Crippen LogP contribution < -0.4 is 5.32 Å². The second kappa shape index (κ2) is 7.50. The van der Waals surface area contributed by atoms with Gasteiger partial charge in [-0.2, -0.15) is 5.10 Å². The number of carbonyl (C=O) groups is 2. The Bertz CT molecular complexity index is 823. The highest BCUT2D eigenvalue weighted by Gasteiger charge is 2.31. The van der Waals surface area contributed by atoms with Gasteiger partial charge < -0.3 is 10.2 Å². The first kappa shape index (κ1) is 19.1. The molecule has 1 saturated heterocycles. The first-order valence-corrected chi connectivity index (χ1v) is 9.15. The molecular weight excluding hydrogens is 347 g/mol. The van der Waals surface area contributed by atoms with E-state index in [0.29, 0.717) is 13.1 Å². The van der Waals surface area contributed by atoms with Crippen LogP contribution in [0.5, 0.6) is 0 Å². The molecule has 7 heteroatoms. The number of amides is 2. The Labute approximate surface area is 158 Å². The third kappa shape index (κ3) is 4.53. The van der Waals surface area contributed by atoms with E-state index in [-0.39, 0.29) is 11.7 Å². The Balaban J connectivity index is 1.76. The zero-order chi connectivity index (χ0) is 19.6. The Morgan fingerprint density at radius 3 is 2.63 bits per heavy atom. The third-order valence-electron chi connectivity index (χ3n) is 4.62. The molecule has 2 amide bonds. The molecule has 2 aromatic rings. The van der Waals surface area contributed by atoms with Gasteiger partial charge in [0.15, 0.2) is 0 Å². The van der Waals surface area contributed by atoms with Gasteiger partial charge in [-0.1, -0.05) is 12.1 Å². The Kier molecular flexibility index (Phi) is 5.30. The van der Waals surface area contributed by atoms with Crippen molar-refractivity contribution in [2.24, 2.45) is 0 Å². The van der Waals surface area contributed by atoms with Gasteiger partial charge in [0.05, 0.1) is 6.20 Å². The summed E-state index contributed by atoms with van der Waals surface area (Å²) >= 11 is 0. The van der Waals surface area contributed by atoms with Crippen molar-refractivity contribution in [2.75, 3.05) is 13.1 Å². The van der Waals surface area contributed by atoms with E-state index >= 15 is 0 Å². The van der Waals surface area contributed by atoms with Crippen molar-refractivity contribution in [3.05, 3.63) is 42.0 Å². The molecule has 3 rings (SSSR count). The largest absolute Gasteiger partial charge is 0.343 e. The van der Waals surface area contributed by atoms with Crippen molar-refractivity contribution in [3.8, 4) is 11.1 Å². The zero-order valence-corrected chi connectivity index (χ0v) is 15.9. The van der Waals surface area contributed by atoms with Gasteiger partial charge in [-0.3, -0.25) is 14.7 Å². The molecule has 1 aliphatic heterocycles. The van der Waals surface area contributed by atoms with Crippen molar-refractivity contribution >= 4 is 11.8 Å². The first-order valence-electron chi connectivity index (χ1n) is 9.15.